The van der Waals surface area contributed by atoms with Gasteiger partial charge < -0.3 is 11.1 Å². The maximum atomic E-state index is 13.7. The Balaban J connectivity index is 1.35. The van der Waals surface area contributed by atoms with Gasteiger partial charge in [0.05, 0.1) is 10.5 Å². The molecule has 0 spiro atoms. The minimum atomic E-state index is -0.493. The molecular weight excluding hydrogens is 562 g/mol. The number of nitrogens with one attached hydrogen (secondary N) is 1. The van der Waals surface area contributed by atoms with E-state index in [1.54, 1.807) is 35.0 Å². The van der Waals surface area contributed by atoms with Crippen molar-refractivity contribution in [1.82, 2.24) is 14.9 Å². The fourth-order valence-electron chi connectivity index (χ4n) is 5.65. The summed E-state index contributed by atoms with van der Waals surface area (Å²) in [6, 6.07) is 13.4. The van der Waals surface area contributed by atoms with Crippen LogP contribution in [-0.2, 0) is 19.4 Å². The second kappa shape index (κ2) is 12.9. The number of carbonyl (C=O) groups excluding carboxylic acids is 2. The van der Waals surface area contributed by atoms with Gasteiger partial charge in [-0.05, 0) is 104 Å². The number of nitrogens with two attached hydrogens (primary N) is 1. The Morgan fingerprint density at radius 1 is 1.10 bits per heavy atom. The van der Waals surface area contributed by atoms with Crippen molar-refractivity contribution in [1.29, 1.82) is 0 Å². The lowest BCUT2D eigenvalue weighted by molar-refractivity contribution is 0.100. The average Bonchev–Trinajstić information content (AvgIpc) is 3.24. The summed E-state index contributed by atoms with van der Waals surface area (Å²) >= 11 is 11.8. The van der Waals surface area contributed by atoms with Crippen LogP contribution < -0.4 is 11.1 Å². The maximum Gasteiger partial charge on any atom is 0.326 e. The van der Waals surface area contributed by atoms with Crippen LogP contribution in [0.4, 0.5) is 9.18 Å². The van der Waals surface area contributed by atoms with Crippen molar-refractivity contribution < 1.29 is 14.0 Å². The highest BCUT2D eigenvalue weighted by Crippen LogP contribution is 2.34. The number of aromatic nitrogens is 2. The molecule has 2 amide bonds. The molecule has 2 aromatic heterocycles. The molecule has 0 fully saturated rings. The van der Waals surface area contributed by atoms with Crippen molar-refractivity contribution >= 4 is 52.1 Å². The first-order valence-corrected chi connectivity index (χ1v) is 14.5. The maximum absolute atomic E-state index is 13.7. The van der Waals surface area contributed by atoms with Gasteiger partial charge in [0.25, 0.3) is 0 Å². The number of rotatable bonds is 7. The number of amides is 2. The third-order valence-electron chi connectivity index (χ3n) is 7.73. The van der Waals surface area contributed by atoms with Gasteiger partial charge in [0.2, 0.25) is 5.91 Å². The Morgan fingerprint density at radius 2 is 1.95 bits per heavy atom. The van der Waals surface area contributed by atoms with Gasteiger partial charge in [-0.25, -0.2) is 14.2 Å². The van der Waals surface area contributed by atoms with E-state index in [2.05, 4.69) is 16.4 Å². The van der Waals surface area contributed by atoms with Crippen molar-refractivity contribution in [2.45, 2.75) is 51.5 Å². The van der Waals surface area contributed by atoms with Gasteiger partial charge in [0.1, 0.15) is 11.0 Å². The van der Waals surface area contributed by atoms with Crippen LogP contribution in [0, 0.1) is 11.7 Å². The van der Waals surface area contributed by atoms with E-state index in [0.29, 0.717) is 23.2 Å². The molecule has 1 unspecified atom stereocenters. The molecule has 0 saturated heterocycles. The molecule has 0 aliphatic heterocycles. The lowest BCUT2D eigenvalue weighted by Crippen LogP contribution is -2.29. The Kier molecular flexibility index (Phi) is 9.06. The van der Waals surface area contributed by atoms with Crippen LogP contribution in [0.15, 0.2) is 60.8 Å². The highest BCUT2D eigenvalue weighted by atomic mass is 35.5. The standard InChI is InChI=1S/C32H31Cl2FN4O2/c33-26-11-8-21(16-27(26)35)5-2-1-4-20-6-3-7-24-25-18-23(31(36)40)10-13-29(25)39(28(24)12-9-20)32(41)38-19-22-14-15-37-30(34)17-22/h2,5,8,10-11,13-18,20H,1,3-4,6-7,9,12,19H2,(H2,36,40)(H,38,41)/b5-2+. The number of allylic oxidation sites excluding steroid dienone is 1. The number of carbonyl (C=O) groups is 2. The van der Waals surface area contributed by atoms with Gasteiger partial charge in [-0.2, -0.15) is 0 Å². The van der Waals surface area contributed by atoms with E-state index < -0.39 is 11.7 Å². The number of aryl methyl sites for hydroxylation is 1. The van der Waals surface area contributed by atoms with Crippen LogP contribution in [0.3, 0.4) is 0 Å². The molecule has 212 valence electrons. The van der Waals surface area contributed by atoms with E-state index >= 15 is 0 Å². The Morgan fingerprint density at radius 3 is 2.73 bits per heavy atom. The van der Waals surface area contributed by atoms with Crippen LogP contribution in [0.5, 0.6) is 0 Å². The quantitative estimate of drug-likeness (QED) is 0.215. The number of benzene rings is 2. The Bertz CT molecular complexity index is 1630. The number of nitrogens with zero attached hydrogens (tertiary/aromatic N) is 2. The molecule has 1 atom stereocenters. The molecule has 0 saturated carbocycles. The lowest BCUT2D eigenvalue weighted by Gasteiger charge is -2.21. The summed E-state index contributed by atoms with van der Waals surface area (Å²) in [4.78, 5) is 29.5. The second-order valence-electron chi connectivity index (χ2n) is 10.5. The van der Waals surface area contributed by atoms with E-state index in [-0.39, 0.29) is 11.1 Å². The molecule has 5 rings (SSSR count). The predicted octanol–water partition coefficient (Wildman–Crippen LogP) is 7.72. The van der Waals surface area contributed by atoms with Crippen LogP contribution in [0.25, 0.3) is 17.0 Å². The molecule has 6 nitrogen and oxygen atoms in total. The number of pyridine rings is 1. The topological polar surface area (TPSA) is 90.0 Å². The summed E-state index contributed by atoms with van der Waals surface area (Å²) in [6.07, 6.45) is 12.0. The summed E-state index contributed by atoms with van der Waals surface area (Å²) < 4.78 is 15.5. The number of hydrogen-bond acceptors (Lipinski definition) is 3. The van der Waals surface area contributed by atoms with Crippen molar-refractivity contribution in [2.75, 3.05) is 0 Å². The zero-order valence-corrected chi connectivity index (χ0v) is 24.0. The third kappa shape index (κ3) is 6.80. The SMILES string of the molecule is NC(=O)c1ccc2c(c1)c1c(n2C(=O)NCc2ccnc(Cl)c2)CCC(CC/C=C/c2ccc(Cl)c(F)c2)CCC1. The summed E-state index contributed by atoms with van der Waals surface area (Å²) in [7, 11) is 0. The fraction of sp³-hybridized carbons (Fsp3) is 0.281. The third-order valence-corrected chi connectivity index (χ3v) is 8.24. The number of fused-ring (bicyclic) bond motifs is 3. The zero-order valence-electron chi connectivity index (χ0n) is 22.5. The van der Waals surface area contributed by atoms with E-state index in [1.807, 2.05) is 24.3 Å². The Hall–Kier alpha value is -3.68. The normalized spacial score (nSPS) is 15.4. The first-order chi connectivity index (χ1) is 19.8. The number of primary amides is 1. The highest BCUT2D eigenvalue weighted by molar-refractivity contribution is 6.30. The summed E-state index contributed by atoms with van der Waals surface area (Å²) in [6.45, 7) is 0.307. The van der Waals surface area contributed by atoms with Gasteiger partial charge in [-0.1, -0.05) is 47.8 Å². The van der Waals surface area contributed by atoms with E-state index in [1.165, 1.54) is 6.07 Å². The molecule has 2 heterocycles. The largest absolute Gasteiger partial charge is 0.366 e. The fourth-order valence-corrected chi connectivity index (χ4v) is 5.97. The first-order valence-electron chi connectivity index (χ1n) is 13.8. The molecular formula is C32H31Cl2FN4O2. The minimum Gasteiger partial charge on any atom is -0.366 e. The monoisotopic (exact) mass is 592 g/mol. The summed E-state index contributed by atoms with van der Waals surface area (Å²) in [5.41, 5.74) is 10.5. The molecule has 41 heavy (non-hydrogen) atoms. The van der Waals surface area contributed by atoms with Gasteiger partial charge >= 0.3 is 6.03 Å². The van der Waals surface area contributed by atoms with Crippen molar-refractivity contribution in [2.24, 2.45) is 11.7 Å². The van der Waals surface area contributed by atoms with Gasteiger partial charge in [0.15, 0.2) is 0 Å². The predicted molar refractivity (Wildman–Crippen MR) is 162 cm³/mol. The average molecular weight is 594 g/mol. The number of hydrogen-bond donors (Lipinski definition) is 2. The smallest absolute Gasteiger partial charge is 0.326 e. The lowest BCUT2D eigenvalue weighted by atomic mass is 9.86. The minimum absolute atomic E-state index is 0.120. The summed E-state index contributed by atoms with van der Waals surface area (Å²) in [5, 5.41) is 4.41. The van der Waals surface area contributed by atoms with Gasteiger partial charge in [-0.15, -0.1) is 0 Å². The second-order valence-corrected chi connectivity index (χ2v) is 11.2. The molecule has 3 N–H and O–H groups in total. The molecule has 2 aromatic carbocycles. The van der Waals surface area contributed by atoms with Crippen LogP contribution in [-0.4, -0.2) is 21.5 Å². The van der Waals surface area contributed by atoms with Gasteiger partial charge in [-0.3, -0.25) is 9.36 Å². The van der Waals surface area contributed by atoms with Crippen molar-refractivity contribution in [3.8, 4) is 0 Å². The highest BCUT2D eigenvalue weighted by Gasteiger charge is 2.25. The van der Waals surface area contributed by atoms with Crippen LogP contribution >= 0.6 is 23.2 Å². The van der Waals surface area contributed by atoms with Crippen molar-refractivity contribution in [3.63, 3.8) is 0 Å². The van der Waals surface area contributed by atoms with E-state index in [4.69, 9.17) is 28.9 Å². The van der Waals surface area contributed by atoms with Crippen LogP contribution in [0.1, 0.15) is 64.8 Å². The van der Waals surface area contributed by atoms with Gasteiger partial charge in [0, 0.05) is 29.4 Å². The first kappa shape index (κ1) is 28.8. The molecule has 1 aliphatic rings. The van der Waals surface area contributed by atoms with E-state index in [0.717, 1.165) is 78.2 Å². The molecule has 9 heteroatoms. The molecule has 0 radical (unpaired) electrons. The zero-order chi connectivity index (χ0) is 28.9. The van der Waals surface area contributed by atoms with E-state index in [9.17, 15) is 14.0 Å². The summed E-state index contributed by atoms with van der Waals surface area (Å²) in [5.74, 6) is -0.422. The molecule has 4 aromatic rings. The van der Waals surface area contributed by atoms with Crippen LogP contribution in [0.2, 0.25) is 10.2 Å². The molecule has 1 aliphatic carbocycles. The Labute approximate surface area is 248 Å². The van der Waals surface area contributed by atoms with Crippen molar-refractivity contribution in [3.05, 3.63) is 105 Å². The molecule has 0 bridgehead atoms. The number of halogens is 3.